The minimum Gasteiger partial charge on any atom is -0.334 e. The van der Waals surface area contributed by atoms with E-state index >= 15 is 0 Å². The number of thiazole rings is 1. The molecule has 140 valence electrons. The lowest BCUT2D eigenvalue weighted by Gasteiger charge is -2.25. The molecular weight excluding hydrogens is 372 g/mol. The van der Waals surface area contributed by atoms with Gasteiger partial charge in [0.2, 0.25) is 0 Å². The van der Waals surface area contributed by atoms with Gasteiger partial charge in [0.05, 0.1) is 5.57 Å². The Hall–Kier alpha value is -3.19. The smallest absolute Gasteiger partial charge is 0.272 e. The van der Waals surface area contributed by atoms with Crippen LogP contribution in [0, 0.1) is 13.8 Å². The van der Waals surface area contributed by atoms with E-state index in [-0.39, 0.29) is 11.5 Å². The number of amides is 1. The van der Waals surface area contributed by atoms with Crippen molar-refractivity contribution in [1.29, 1.82) is 0 Å². The molecule has 0 atom stereocenters. The molecular formula is C21H18N4O2S. The van der Waals surface area contributed by atoms with Crippen LogP contribution in [0.2, 0.25) is 0 Å². The summed E-state index contributed by atoms with van der Waals surface area (Å²) in [5, 5.41) is 2.86. The quantitative estimate of drug-likeness (QED) is 0.688. The number of nitrogens with zero attached hydrogens (tertiary/aromatic N) is 3. The average molecular weight is 390 g/mol. The highest BCUT2D eigenvalue weighted by molar-refractivity contribution is 7.07. The van der Waals surface area contributed by atoms with E-state index in [0.29, 0.717) is 28.2 Å². The fourth-order valence-electron chi connectivity index (χ4n) is 3.66. The monoisotopic (exact) mass is 390 g/mol. The summed E-state index contributed by atoms with van der Waals surface area (Å²) in [7, 11) is 0. The Morgan fingerprint density at radius 3 is 2.71 bits per heavy atom. The fraction of sp³-hybridized carbons (Fsp3) is 0.190. The molecule has 0 saturated heterocycles. The van der Waals surface area contributed by atoms with Gasteiger partial charge in [-0.3, -0.25) is 14.2 Å². The van der Waals surface area contributed by atoms with Gasteiger partial charge < -0.3 is 10.2 Å². The molecule has 1 amide bonds. The molecule has 28 heavy (non-hydrogen) atoms. The average Bonchev–Trinajstić information content (AvgIpc) is 3.17. The van der Waals surface area contributed by atoms with Crippen LogP contribution in [0.3, 0.4) is 0 Å². The third-order valence-electron chi connectivity index (χ3n) is 5.07. The standard InChI is InChI=1S/C21H18N4O2S/c1-12-4-3-5-14(8-12)24-10-22-21-25(11-24)20(27)18(28-21)17-15-9-13(2)6-7-16(15)23-19(17)26/h3-9H,10-11H2,1-2H3,(H,23,26)/b18-17+. The molecule has 2 aromatic carbocycles. The number of anilines is 2. The van der Waals surface area contributed by atoms with Crippen molar-refractivity contribution in [2.24, 2.45) is 4.99 Å². The lowest BCUT2D eigenvalue weighted by Crippen LogP contribution is -2.43. The van der Waals surface area contributed by atoms with Crippen molar-refractivity contribution in [2.75, 3.05) is 16.9 Å². The Labute approximate surface area is 165 Å². The maximum atomic E-state index is 13.2. The van der Waals surface area contributed by atoms with E-state index in [1.54, 1.807) is 4.57 Å². The minimum absolute atomic E-state index is 0.166. The van der Waals surface area contributed by atoms with Gasteiger partial charge in [0.25, 0.3) is 11.5 Å². The molecule has 3 aromatic rings. The van der Waals surface area contributed by atoms with Crippen molar-refractivity contribution in [1.82, 2.24) is 4.57 Å². The summed E-state index contributed by atoms with van der Waals surface area (Å²) in [6.45, 7) is 4.93. The maximum Gasteiger partial charge on any atom is 0.272 e. The molecule has 0 saturated carbocycles. The highest BCUT2D eigenvalue weighted by Gasteiger charge is 2.28. The largest absolute Gasteiger partial charge is 0.334 e. The second-order valence-electron chi connectivity index (χ2n) is 7.14. The Morgan fingerprint density at radius 2 is 1.89 bits per heavy atom. The molecule has 0 aliphatic carbocycles. The van der Waals surface area contributed by atoms with E-state index in [9.17, 15) is 9.59 Å². The van der Waals surface area contributed by atoms with Crippen LogP contribution in [0.25, 0.3) is 5.57 Å². The van der Waals surface area contributed by atoms with Gasteiger partial charge in [-0.2, -0.15) is 0 Å². The number of carbonyl (C=O) groups is 1. The predicted octanol–water partition coefficient (Wildman–Crippen LogP) is 1.73. The molecule has 1 aromatic heterocycles. The van der Waals surface area contributed by atoms with Gasteiger partial charge in [-0.05, 0) is 43.7 Å². The van der Waals surface area contributed by atoms with Crippen molar-refractivity contribution in [3.63, 3.8) is 0 Å². The summed E-state index contributed by atoms with van der Waals surface area (Å²) in [5.41, 5.74) is 5.06. The molecule has 3 heterocycles. The van der Waals surface area contributed by atoms with Gasteiger partial charge in [0, 0.05) is 16.9 Å². The minimum atomic E-state index is -0.229. The van der Waals surface area contributed by atoms with Gasteiger partial charge in [-0.1, -0.05) is 35.1 Å². The fourth-order valence-corrected chi connectivity index (χ4v) is 4.71. The highest BCUT2D eigenvalue weighted by Crippen LogP contribution is 2.30. The first-order valence-corrected chi connectivity index (χ1v) is 9.85. The molecule has 2 aliphatic heterocycles. The maximum absolute atomic E-state index is 13.2. The van der Waals surface area contributed by atoms with Crippen LogP contribution in [-0.4, -0.2) is 17.1 Å². The zero-order valence-corrected chi connectivity index (χ0v) is 16.3. The first-order chi connectivity index (χ1) is 13.5. The van der Waals surface area contributed by atoms with Gasteiger partial charge in [-0.25, -0.2) is 4.99 Å². The van der Waals surface area contributed by atoms with Gasteiger partial charge in [-0.15, -0.1) is 0 Å². The van der Waals surface area contributed by atoms with Crippen molar-refractivity contribution >= 4 is 34.2 Å². The van der Waals surface area contributed by atoms with Crippen LogP contribution < -0.4 is 25.1 Å². The zero-order chi connectivity index (χ0) is 19.4. The lowest BCUT2D eigenvalue weighted by molar-refractivity contribution is -0.110. The molecule has 6 nitrogen and oxygen atoms in total. The Bertz CT molecular complexity index is 1320. The number of benzene rings is 2. The van der Waals surface area contributed by atoms with Crippen LogP contribution >= 0.6 is 11.3 Å². The number of carbonyl (C=O) groups excluding carboxylic acids is 1. The van der Waals surface area contributed by atoms with Crippen molar-refractivity contribution in [3.8, 4) is 0 Å². The normalized spacial score (nSPS) is 17.1. The van der Waals surface area contributed by atoms with E-state index in [1.165, 1.54) is 11.3 Å². The predicted molar refractivity (Wildman–Crippen MR) is 110 cm³/mol. The molecule has 1 N–H and O–H groups in total. The lowest BCUT2D eigenvalue weighted by atomic mass is 10.1. The van der Waals surface area contributed by atoms with Crippen LogP contribution in [-0.2, 0) is 11.5 Å². The van der Waals surface area contributed by atoms with Crippen LogP contribution in [0.1, 0.15) is 16.7 Å². The Morgan fingerprint density at radius 1 is 1.07 bits per heavy atom. The van der Waals surface area contributed by atoms with E-state index < -0.39 is 0 Å². The van der Waals surface area contributed by atoms with E-state index in [1.807, 2.05) is 50.2 Å². The molecule has 0 unspecified atom stereocenters. The first kappa shape index (κ1) is 16.9. The second-order valence-corrected chi connectivity index (χ2v) is 8.12. The number of hydrogen-bond acceptors (Lipinski definition) is 5. The van der Waals surface area contributed by atoms with E-state index in [0.717, 1.165) is 28.1 Å². The number of aryl methyl sites for hydroxylation is 2. The highest BCUT2D eigenvalue weighted by atomic mass is 32.1. The molecule has 0 bridgehead atoms. The number of rotatable bonds is 1. The number of aromatic nitrogens is 1. The third-order valence-corrected chi connectivity index (χ3v) is 6.18. The third kappa shape index (κ3) is 2.58. The SMILES string of the molecule is Cc1cccc(N2CN=c3s/c(=C4/C(=O)Nc5ccc(C)cc54)c(=O)n3C2)c1. The van der Waals surface area contributed by atoms with E-state index in [4.69, 9.17) is 0 Å². The van der Waals surface area contributed by atoms with Gasteiger partial charge in [0.1, 0.15) is 17.9 Å². The van der Waals surface area contributed by atoms with Crippen molar-refractivity contribution in [2.45, 2.75) is 20.5 Å². The molecule has 7 heteroatoms. The molecule has 0 spiro atoms. The summed E-state index contributed by atoms with van der Waals surface area (Å²) in [6.07, 6.45) is 0. The van der Waals surface area contributed by atoms with Gasteiger partial charge >= 0.3 is 0 Å². The first-order valence-electron chi connectivity index (χ1n) is 9.04. The van der Waals surface area contributed by atoms with Gasteiger partial charge in [0.15, 0.2) is 4.80 Å². The summed E-state index contributed by atoms with van der Waals surface area (Å²) >= 11 is 1.29. The van der Waals surface area contributed by atoms with Crippen LogP contribution in [0.5, 0.6) is 0 Å². The summed E-state index contributed by atoms with van der Waals surface area (Å²) in [6, 6.07) is 13.9. The molecule has 2 aliphatic rings. The summed E-state index contributed by atoms with van der Waals surface area (Å²) in [5.74, 6) is -0.229. The molecule has 0 fully saturated rings. The molecule has 5 rings (SSSR count). The second kappa shape index (κ2) is 6.17. The topological polar surface area (TPSA) is 66.7 Å². The van der Waals surface area contributed by atoms with Crippen LogP contribution in [0.15, 0.2) is 52.3 Å². The van der Waals surface area contributed by atoms with Crippen LogP contribution in [0.4, 0.5) is 11.4 Å². The zero-order valence-electron chi connectivity index (χ0n) is 15.5. The summed E-state index contributed by atoms with van der Waals surface area (Å²) < 4.78 is 2.10. The van der Waals surface area contributed by atoms with Crippen molar-refractivity contribution < 1.29 is 4.79 Å². The summed E-state index contributed by atoms with van der Waals surface area (Å²) in [4.78, 5) is 33.1. The number of fused-ring (bicyclic) bond motifs is 2. The molecule has 0 radical (unpaired) electrons. The Balaban J connectivity index is 1.66. The Kier molecular flexibility index (Phi) is 3.73. The van der Waals surface area contributed by atoms with Crippen molar-refractivity contribution in [3.05, 3.63) is 78.8 Å². The number of hydrogen-bond donors (Lipinski definition) is 1. The van der Waals surface area contributed by atoms with E-state index in [2.05, 4.69) is 21.3 Å². The number of nitrogens with one attached hydrogen (secondary N) is 1.